The maximum absolute atomic E-state index is 12.8. The summed E-state index contributed by atoms with van der Waals surface area (Å²) < 4.78 is 13.6. The van der Waals surface area contributed by atoms with Crippen LogP contribution in [0.25, 0.3) is 10.1 Å². The van der Waals surface area contributed by atoms with Gasteiger partial charge in [-0.2, -0.15) is 4.39 Å². The molecule has 0 unspecified atom stereocenters. The van der Waals surface area contributed by atoms with E-state index in [0.717, 1.165) is 26.3 Å². The van der Waals surface area contributed by atoms with E-state index in [1.54, 1.807) is 12.1 Å². The molecular formula is C8H6FNS2. The van der Waals surface area contributed by atoms with E-state index >= 15 is 0 Å². The van der Waals surface area contributed by atoms with E-state index in [1.807, 2.05) is 0 Å². The molecular weight excluding hydrogens is 193 g/mol. The molecule has 0 amide bonds. The Morgan fingerprint density at radius 2 is 2.17 bits per heavy atom. The molecule has 2 rings (SSSR count). The van der Waals surface area contributed by atoms with E-state index in [2.05, 4.69) is 12.6 Å². The van der Waals surface area contributed by atoms with Gasteiger partial charge in [-0.05, 0) is 18.2 Å². The van der Waals surface area contributed by atoms with Gasteiger partial charge in [0.15, 0.2) is 5.13 Å². The van der Waals surface area contributed by atoms with Crippen molar-refractivity contribution < 1.29 is 4.39 Å². The Morgan fingerprint density at radius 1 is 1.42 bits per heavy atom. The highest BCUT2D eigenvalue weighted by Gasteiger charge is 2.06. The van der Waals surface area contributed by atoms with Crippen molar-refractivity contribution in [1.29, 1.82) is 0 Å². The summed E-state index contributed by atoms with van der Waals surface area (Å²) in [5.41, 5.74) is 6.24. The van der Waals surface area contributed by atoms with E-state index in [1.165, 1.54) is 6.07 Å². The predicted octanol–water partition coefficient (Wildman–Crippen LogP) is 2.91. The molecule has 1 heterocycles. The van der Waals surface area contributed by atoms with E-state index in [0.29, 0.717) is 5.69 Å². The lowest BCUT2D eigenvalue weighted by Gasteiger charge is -1.96. The first kappa shape index (κ1) is 7.89. The lowest BCUT2D eigenvalue weighted by molar-refractivity contribution is 0.658. The zero-order chi connectivity index (χ0) is 8.72. The zero-order valence-corrected chi connectivity index (χ0v) is 7.75. The van der Waals surface area contributed by atoms with Gasteiger partial charge in [0, 0.05) is 16.0 Å². The molecule has 62 valence electrons. The van der Waals surface area contributed by atoms with Crippen LogP contribution in [-0.2, 0) is 0 Å². The number of nitrogen functional groups attached to an aromatic ring is 1. The molecule has 0 spiro atoms. The van der Waals surface area contributed by atoms with Crippen molar-refractivity contribution in [1.82, 2.24) is 0 Å². The minimum atomic E-state index is -0.224. The van der Waals surface area contributed by atoms with Crippen LogP contribution in [0.2, 0.25) is 0 Å². The first-order valence-corrected chi connectivity index (χ1v) is 4.61. The summed E-state index contributed by atoms with van der Waals surface area (Å²) in [5, 5.41) is 0.531. The topological polar surface area (TPSA) is 26.0 Å². The van der Waals surface area contributed by atoms with Crippen molar-refractivity contribution in [3.63, 3.8) is 0 Å². The normalized spacial score (nSPS) is 10.8. The maximum atomic E-state index is 12.8. The van der Waals surface area contributed by atoms with E-state index in [4.69, 9.17) is 5.73 Å². The number of hydrogen-bond donors (Lipinski definition) is 2. The highest BCUT2D eigenvalue weighted by molar-refractivity contribution is 7.80. The van der Waals surface area contributed by atoms with Crippen LogP contribution >= 0.6 is 24.0 Å². The van der Waals surface area contributed by atoms with Crippen LogP contribution in [-0.4, -0.2) is 0 Å². The Kier molecular flexibility index (Phi) is 1.73. The summed E-state index contributed by atoms with van der Waals surface area (Å²) in [6, 6.07) is 4.95. The van der Waals surface area contributed by atoms with Crippen LogP contribution in [0.5, 0.6) is 0 Å². The lowest BCUT2D eigenvalue weighted by Crippen LogP contribution is -1.83. The third kappa shape index (κ3) is 1.07. The highest BCUT2D eigenvalue weighted by Crippen LogP contribution is 2.33. The van der Waals surface area contributed by atoms with Crippen LogP contribution in [0, 0.1) is 5.13 Å². The van der Waals surface area contributed by atoms with Gasteiger partial charge in [-0.25, -0.2) is 0 Å². The second-order valence-electron chi connectivity index (χ2n) is 2.47. The van der Waals surface area contributed by atoms with Crippen LogP contribution in [0.4, 0.5) is 10.1 Å². The monoisotopic (exact) mass is 199 g/mol. The Labute approximate surface area is 78.4 Å². The molecule has 1 aromatic carbocycles. The van der Waals surface area contributed by atoms with Gasteiger partial charge in [0.2, 0.25) is 0 Å². The highest BCUT2D eigenvalue weighted by atomic mass is 32.1. The summed E-state index contributed by atoms with van der Waals surface area (Å²) in [4.78, 5) is 0.771. The number of anilines is 1. The number of nitrogens with two attached hydrogens (primary N) is 1. The van der Waals surface area contributed by atoms with Gasteiger partial charge in [-0.15, -0.1) is 24.0 Å². The van der Waals surface area contributed by atoms with Crippen molar-refractivity contribution in [3.8, 4) is 0 Å². The number of hydrogen-bond acceptors (Lipinski definition) is 3. The summed E-state index contributed by atoms with van der Waals surface area (Å²) in [5.74, 6) is 0. The molecule has 1 aromatic heterocycles. The summed E-state index contributed by atoms with van der Waals surface area (Å²) in [6.45, 7) is 0. The van der Waals surface area contributed by atoms with Crippen molar-refractivity contribution >= 4 is 39.7 Å². The second kappa shape index (κ2) is 2.64. The third-order valence-corrected chi connectivity index (χ3v) is 3.15. The van der Waals surface area contributed by atoms with E-state index in [9.17, 15) is 4.39 Å². The molecule has 2 aromatic rings. The molecule has 0 saturated heterocycles. The minimum Gasteiger partial charge on any atom is -0.398 e. The van der Waals surface area contributed by atoms with E-state index in [-0.39, 0.29) is 5.13 Å². The van der Waals surface area contributed by atoms with Gasteiger partial charge >= 0.3 is 0 Å². The Balaban J connectivity index is 2.93. The zero-order valence-electron chi connectivity index (χ0n) is 6.04. The first-order valence-electron chi connectivity index (χ1n) is 3.35. The molecule has 12 heavy (non-hydrogen) atoms. The first-order chi connectivity index (χ1) is 5.68. The molecule has 0 saturated carbocycles. The molecule has 0 aliphatic rings. The number of rotatable bonds is 0. The largest absolute Gasteiger partial charge is 0.398 e. The summed E-state index contributed by atoms with van der Waals surface area (Å²) in [6.07, 6.45) is 0. The van der Waals surface area contributed by atoms with Crippen LogP contribution in [0.3, 0.4) is 0 Å². The smallest absolute Gasteiger partial charge is 0.177 e. The van der Waals surface area contributed by atoms with E-state index < -0.39 is 0 Å². The van der Waals surface area contributed by atoms with Gasteiger partial charge in [0.05, 0.1) is 4.70 Å². The van der Waals surface area contributed by atoms with Gasteiger partial charge in [0.1, 0.15) is 0 Å². The lowest BCUT2D eigenvalue weighted by atomic mass is 10.2. The average Bonchev–Trinajstić information content (AvgIpc) is 2.41. The van der Waals surface area contributed by atoms with Crippen molar-refractivity contribution in [2.75, 3.05) is 5.73 Å². The van der Waals surface area contributed by atoms with Crippen LogP contribution < -0.4 is 5.73 Å². The number of fused-ring (bicyclic) bond motifs is 1. The summed E-state index contributed by atoms with van der Waals surface area (Å²) >= 11 is 5.27. The fraction of sp³-hybridized carbons (Fsp3) is 0. The number of halogens is 1. The molecule has 4 heteroatoms. The van der Waals surface area contributed by atoms with Gasteiger partial charge in [-0.3, -0.25) is 0 Å². The van der Waals surface area contributed by atoms with Crippen molar-refractivity contribution in [2.24, 2.45) is 0 Å². The molecule has 1 nitrogen and oxygen atoms in total. The third-order valence-electron chi connectivity index (χ3n) is 1.67. The summed E-state index contributed by atoms with van der Waals surface area (Å²) in [7, 11) is 0. The Morgan fingerprint density at radius 3 is 2.83 bits per heavy atom. The number of thiophene rings is 1. The van der Waals surface area contributed by atoms with Crippen molar-refractivity contribution in [2.45, 2.75) is 4.90 Å². The molecule has 0 radical (unpaired) electrons. The molecule has 0 fully saturated rings. The standard InChI is InChI=1S/C8H6FNS2/c9-7-3-4-5(10)1-2-6(11)8(4)12-7/h1-3,11H,10H2. The average molecular weight is 199 g/mol. The molecule has 0 bridgehead atoms. The van der Waals surface area contributed by atoms with Crippen LogP contribution in [0.1, 0.15) is 0 Å². The SMILES string of the molecule is Nc1ccc(S)c2sc(F)cc12. The molecule has 0 aliphatic heterocycles. The van der Waals surface area contributed by atoms with Crippen LogP contribution in [0.15, 0.2) is 23.1 Å². The van der Waals surface area contributed by atoms with Gasteiger partial charge < -0.3 is 5.73 Å². The Hall–Kier alpha value is -0.740. The maximum Gasteiger partial charge on any atom is 0.177 e. The number of benzene rings is 1. The second-order valence-corrected chi connectivity index (χ2v) is 3.95. The fourth-order valence-electron chi connectivity index (χ4n) is 1.10. The fourth-order valence-corrected chi connectivity index (χ4v) is 2.26. The number of thiol groups is 1. The predicted molar refractivity (Wildman–Crippen MR) is 53.4 cm³/mol. The Bertz CT molecular complexity index is 397. The van der Waals surface area contributed by atoms with Crippen molar-refractivity contribution in [3.05, 3.63) is 23.3 Å². The molecule has 2 N–H and O–H groups in total. The van der Waals surface area contributed by atoms with Gasteiger partial charge in [0.25, 0.3) is 0 Å². The molecule has 0 aliphatic carbocycles. The quantitative estimate of drug-likeness (QED) is 0.495. The van der Waals surface area contributed by atoms with Gasteiger partial charge in [-0.1, -0.05) is 0 Å². The molecule has 0 atom stereocenters. The minimum absolute atomic E-state index is 0.224.